The number of carbonyl (C=O) groups is 1. The molecule has 0 unspecified atom stereocenters. The predicted molar refractivity (Wildman–Crippen MR) is 77.3 cm³/mol. The van der Waals surface area contributed by atoms with Crippen LogP contribution in [0, 0.1) is 0 Å². The van der Waals surface area contributed by atoms with Gasteiger partial charge in [0.15, 0.2) is 5.78 Å². The number of hydrogen-bond acceptors (Lipinski definition) is 2. The molecule has 0 amide bonds. The second-order valence-corrected chi connectivity index (χ2v) is 4.74. The quantitative estimate of drug-likeness (QED) is 0.720. The Morgan fingerprint density at radius 2 is 2.28 bits per heavy atom. The van der Waals surface area contributed by atoms with Crippen LogP contribution in [0.2, 0.25) is 0 Å². The van der Waals surface area contributed by atoms with Crippen molar-refractivity contribution in [3.05, 3.63) is 53.6 Å². The standard InChI is InChI=1S/C14H17BrN2O/c1-3-4-5-6-12(2)7-8-13(18)10-17-11-16-9-14(17)15/h3-6,9,11H,2,7-8,10H2,1H3/b4-3-,6-5-. The van der Waals surface area contributed by atoms with E-state index in [1.807, 2.05) is 31.2 Å². The van der Waals surface area contributed by atoms with Crippen LogP contribution in [0.4, 0.5) is 0 Å². The molecule has 0 bridgehead atoms. The van der Waals surface area contributed by atoms with E-state index in [-0.39, 0.29) is 5.78 Å². The number of rotatable bonds is 7. The third-order valence-electron chi connectivity index (χ3n) is 2.37. The average Bonchev–Trinajstić information content (AvgIpc) is 2.73. The molecule has 0 fully saturated rings. The summed E-state index contributed by atoms with van der Waals surface area (Å²) in [5, 5.41) is 0. The fourth-order valence-electron chi connectivity index (χ4n) is 1.38. The van der Waals surface area contributed by atoms with Gasteiger partial charge < -0.3 is 4.57 Å². The van der Waals surface area contributed by atoms with Crippen LogP contribution in [0.5, 0.6) is 0 Å². The molecule has 1 aromatic heterocycles. The van der Waals surface area contributed by atoms with Gasteiger partial charge in [-0.3, -0.25) is 4.79 Å². The first-order chi connectivity index (χ1) is 8.63. The van der Waals surface area contributed by atoms with Gasteiger partial charge in [-0.25, -0.2) is 4.98 Å². The number of carbonyl (C=O) groups excluding carboxylic acids is 1. The highest BCUT2D eigenvalue weighted by atomic mass is 79.9. The van der Waals surface area contributed by atoms with Gasteiger partial charge in [-0.2, -0.15) is 0 Å². The van der Waals surface area contributed by atoms with E-state index in [0.29, 0.717) is 19.4 Å². The lowest BCUT2D eigenvalue weighted by atomic mass is 10.1. The fourth-order valence-corrected chi connectivity index (χ4v) is 1.71. The molecule has 0 N–H and O–H groups in total. The van der Waals surface area contributed by atoms with Gasteiger partial charge in [0.05, 0.1) is 19.1 Å². The first kappa shape index (κ1) is 14.6. The van der Waals surface area contributed by atoms with Crippen LogP contribution in [-0.4, -0.2) is 15.3 Å². The predicted octanol–water partition coefficient (Wildman–Crippen LogP) is 3.68. The minimum atomic E-state index is 0.175. The van der Waals surface area contributed by atoms with Gasteiger partial charge in [-0.1, -0.05) is 36.5 Å². The van der Waals surface area contributed by atoms with Gasteiger partial charge in [0, 0.05) is 6.42 Å². The molecule has 1 aromatic rings. The number of hydrogen-bond donors (Lipinski definition) is 0. The summed E-state index contributed by atoms with van der Waals surface area (Å²) < 4.78 is 2.60. The number of imidazole rings is 1. The third kappa shape index (κ3) is 5.27. The van der Waals surface area contributed by atoms with Crippen molar-refractivity contribution in [1.29, 1.82) is 0 Å². The zero-order chi connectivity index (χ0) is 13.4. The van der Waals surface area contributed by atoms with Crippen molar-refractivity contribution in [3.63, 3.8) is 0 Å². The van der Waals surface area contributed by atoms with Gasteiger partial charge in [-0.05, 0) is 29.3 Å². The van der Waals surface area contributed by atoms with Crippen molar-refractivity contribution in [2.24, 2.45) is 0 Å². The number of aromatic nitrogens is 2. The van der Waals surface area contributed by atoms with Crippen LogP contribution in [0.15, 0.2) is 53.6 Å². The number of allylic oxidation sites excluding steroid dienone is 5. The summed E-state index contributed by atoms with van der Waals surface area (Å²) in [6.07, 6.45) is 12.3. The zero-order valence-electron chi connectivity index (χ0n) is 10.5. The molecule has 1 heterocycles. The molecule has 0 radical (unpaired) electrons. The van der Waals surface area contributed by atoms with Crippen LogP contribution >= 0.6 is 15.9 Å². The molecule has 1 rings (SSSR count). The van der Waals surface area contributed by atoms with Gasteiger partial charge in [0.2, 0.25) is 0 Å². The summed E-state index contributed by atoms with van der Waals surface area (Å²) in [7, 11) is 0. The second kappa shape index (κ2) is 7.82. The molecular formula is C14H17BrN2O. The van der Waals surface area contributed by atoms with Crippen LogP contribution in [-0.2, 0) is 11.3 Å². The Bertz CT molecular complexity index is 472. The monoisotopic (exact) mass is 308 g/mol. The van der Waals surface area contributed by atoms with Crippen molar-refractivity contribution < 1.29 is 4.79 Å². The Morgan fingerprint density at radius 1 is 1.50 bits per heavy atom. The van der Waals surface area contributed by atoms with E-state index < -0.39 is 0 Å². The molecule has 0 aliphatic carbocycles. The molecule has 0 aliphatic rings. The van der Waals surface area contributed by atoms with Gasteiger partial charge in [0.1, 0.15) is 4.60 Å². The minimum absolute atomic E-state index is 0.175. The fraction of sp³-hybridized carbons (Fsp3) is 0.286. The van der Waals surface area contributed by atoms with E-state index >= 15 is 0 Å². The molecule has 96 valence electrons. The molecule has 4 heteroatoms. The highest BCUT2D eigenvalue weighted by Gasteiger charge is 2.05. The van der Waals surface area contributed by atoms with Crippen LogP contribution in [0.3, 0.4) is 0 Å². The van der Waals surface area contributed by atoms with Crippen LogP contribution in [0.1, 0.15) is 19.8 Å². The smallest absolute Gasteiger partial charge is 0.152 e. The van der Waals surface area contributed by atoms with Crippen LogP contribution < -0.4 is 0 Å². The minimum Gasteiger partial charge on any atom is -0.318 e. The first-order valence-corrected chi connectivity index (χ1v) is 6.57. The average molecular weight is 309 g/mol. The van der Waals surface area contributed by atoms with Crippen molar-refractivity contribution in [1.82, 2.24) is 9.55 Å². The molecule has 0 saturated carbocycles. The summed E-state index contributed by atoms with van der Waals surface area (Å²) >= 11 is 3.33. The lowest BCUT2D eigenvalue weighted by molar-refractivity contribution is -0.119. The topological polar surface area (TPSA) is 34.9 Å². The van der Waals surface area contributed by atoms with Gasteiger partial charge in [-0.15, -0.1) is 0 Å². The van der Waals surface area contributed by atoms with Crippen molar-refractivity contribution >= 4 is 21.7 Å². The lowest BCUT2D eigenvalue weighted by Gasteiger charge is -2.03. The van der Waals surface area contributed by atoms with Crippen molar-refractivity contribution in [2.45, 2.75) is 26.3 Å². The Hall–Kier alpha value is -1.42. The van der Waals surface area contributed by atoms with Gasteiger partial charge >= 0.3 is 0 Å². The summed E-state index contributed by atoms with van der Waals surface area (Å²) in [6, 6.07) is 0. The van der Waals surface area contributed by atoms with Crippen molar-refractivity contribution in [2.75, 3.05) is 0 Å². The Balaban J connectivity index is 2.33. The lowest BCUT2D eigenvalue weighted by Crippen LogP contribution is -2.09. The second-order valence-electron chi connectivity index (χ2n) is 3.93. The third-order valence-corrected chi connectivity index (χ3v) is 3.03. The molecule has 0 saturated heterocycles. The Morgan fingerprint density at radius 3 is 2.89 bits per heavy atom. The normalized spacial score (nSPS) is 11.4. The number of halogens is 1. The summed E-state index contributed by atoms with van der Waals surface area (Å²) in [6.45, 7) is 6.22. The Kier molecular flexibility index (Phi) is 6.36. The number of ketones is 1. The van der Waals surface area contributed by atoms with Gasteiger partial charge in [0.25, 0.3) is 0 Å². The molecule has 18 heavy (non-hydrogen) atoms. The maximum Gasteiger partial charge on any atom is 0.152 e. The van der Waals surface area contributed by atoms with E-state index in [1.54, 1.807) is 17.1 Å². The largest absolute Gasteiger partial charge is 0.318 e. The molecule has 0 aromatic carbocycles. The number of nitrogens with zero attached hydrogens (tertiary/aromatic N) is 2. The van der Waals surface area contributed by atoms with E-state index in [4.69, 9.17) is 0 Å². The van der Waals surface area contributed by atoms with E-state index in [0.717, 1.165) is 10.2 Å². The Labute approximate surface area is 116 Å². The molecule has 0 aliphatic heterocycles. The maximum atomic E-state index is 11.7. The number of Topliss-reactive ketones (excluding diaryl/α,β-unsaturated/α-hetero) is 1. The molecule has 0 spiro atoms. The van der Waals surface area contributed by atoms with E-state index in [2.05, 4.69) is 27.5 Å². The SMILES string of the molecule is C=C(/C=C\C=C/C)CCC(=O)Cn1cncc1Br. The highest BCUT2D eigenvalue weighted by molar-refractivity contribution is 9.10. The molecule has 3 nitrogen and oxygen atoms in total. The highest BCUT2D eigenvalue weighted by Crippen LogP contribution is 2.10. The summed E-state index contributed by atoms with van der Waals surface area (Å²) in [5.41, 5.74) is 0.964. The van der Waals surface area contributed by atoms with E-state index in [1.165, 1.54) is 0 Å². The van der Waals surface area contributed by atoms with Crippen LogP contribution in [0.25, 0.3) is 0 Å². The van der Waals surface area contributed by atoms with Crippen molar-refractivity contribution in [3.8, 4) is 0 Å². The summed E-state index contributed by atoms with van der Waals surface area (Å²) in [5.74, 6) is 0.175. The first-order valence-electron chi connectivity index (χ1n) is 5.78. The van der Waals surface area contributed by atoms with E-state index in [9.17, 15) is 4.79 Å². The summed E-state index contributed by atoms with van der Waals surface area (Å²) in [4.78, 5) is 15.7. The maximum absolute atomic E-state index is 11.7. The zero-order valence-corrected chi connectivity index (χ0v) is 12.1. The molecule has 0 atom stereocenters. The molecular weight excluding hydrogens is 292 g/mol.